The first-order chi connectivity index (χ1) is 64.0. The van der Waals surface area contributed by atoms with Crippen LogP contribution in [0.3, 0.4) is 0 Å². The molecule has 2 aromatic heterocycles. The number of amides is 17. The van der Waals surface area contributed by atoms with Crippen LogP contribution >= 0.6 is 11.8 Å². The van der Waals surface area contributed by atoms with Gasteiger partial charge in [-0.15, -0.1) is 11.8 Å². The Morgan fingerprint density at radius 3 is 1.65 bits per heavy atom. The summed E-state index contributed by atoms with van der Waals surface area (Å²) >= 11 is 0.794. The number of carbonyl (C=O) groups excluding carboxylic acids is 17. The third-order valence-corrected chi connectivity index (χ3v) is 25.5. The van der Waals surface area contributed by atoms with Crippen molar-refractivity contribution in [2.45, 2.75) is 254 Å². The Kier molecular flexibility index (Phi) is 40.3. The molecule has 5 aromatic rings. The van der Waals surface area contributed by atoms with Gasteiger partial charge in [0, 0.05) is 113 Å². The van der Waals surface area contributed by atoms with Gasteiger partial charge in [0.1, 0.15) is 84.6 Å². The van der Waals surface area contributed by atoms with Crippen molar-refractivity contribution in [3.05, 3.63) is 107 Å². The zero-order chi connectivity index (χ0) is 99.4. The van der Waals surface area contributed by atoms with Gasteiger partial charge in [0.2, 0.25) is 100 Å². The largest absolute Gasteiger partial charge is 0.394 e. The molecule has 24 N–H and O–H groups in total. The highest BCUT2D eigenvalue weighted by molar-refractivity contribution is 8.00. The molecule has 17 amide bonds. The number of carbonyl (C=O) groups is 17. The fourth-order valence-corrected chi connectivity index (χ4v) is 17.6. The predicted molar refractivity (Wildman–Crippen MR) is 504 cm³/mol. The van der Waals surface area contributed by atoms with Crippen LogP contribution in [0.2, 0.25) is 0 Å². The fraction of sp³-hybridized carbons (Fsp3) is 0.565. The minimum atomic E-state index is -1.89. The monoisotopic (exact) mass is 1900 g/mol. The first-order valence-corrected chi connectivity index (χ1v) is 47.0. The van der Waals surface area contributed by atoms with Crippen LogP contribution in [-0.2, 0) is 106 Å². The summed E-state index contributed by atoms with van der Waals surface area (Å²) in [6, 6.07) is -0.414. The van der Waals surface area contributed by atoms with E-state index in [1.54, 1.807) is 86.9 Å². The van der Waals surface area contributed by atoms with Crippen LogP contribution < -0.4 is 81.4 Å². The minimum absolute atomic E-state index is 0.00519. The minimum Gasteiger partial charge on any atom is -0.394 e. The van der Waals surface area contributed by atoms with E-state index in [1.165, 1.54) is 28.1 Å². The highest BCUT2D eigenvalue weighted by Crippen LogP contribution is 2.29. The molecule has 0 unspecified atom stereocenters. The Balaban J connectivity index is 1.20. The van der Waals surface area contributed by atoms with E-state index in [0.29, 0.717) is 64.2 Å². The number of nitrogens with two attached hydrogens (primary N) is 4. The van der Waals surface area contributed by atoms with Crippen molar-refractivity contribution in [2.24, 2.45) is 28.9 Å². The maximum atomic E-state index is 15.7. The smallest absolute Gasteiger partial charge is 0.246 e. The SMILES string of the molecule is CCCC[C@H]1C(=O)N(C)[C@@H](CCCC)C(=O)N[C@@H](CCCNC(=N)N)C(=O)N[C@H](C(=O)NCC(N)=O)CSCC(=O)N[C@@H](Cc2ccc(C(C)(C)C)cc2)C(=O)N(C)[C@@H](C)C(=O)N[C@@H](CC(N)=O)C(=O)N2CCC[C@H]2C(=O)N[C@@H](CN)C(=O)N[C@@H](CC(C)C)C(=O)N2C[C@H](O)C[C@H]2C(=O)N[C@@H](Cc2c[nH]c3ccccc23)C(=O)N[C@@H](CO)C(=O)N[C@@H](Cc2c[nH]c3ccccc23)C(=O)N1C. The van der Waals surface area contributed by atoms with Gasteiger partial charge in [0.25, 0.3) is 0 Å². The third kappa shape index (κ3) is 30.1. The molecule has 3 aliphatic rings. The molecule has 43 heteroatoms. The Labute approximate surface area is 788 Å². The summed E-state index contributed by atoms with van der Waals surface area (Å²) in [7, 11) is 3.96. The number of likely N-dealkylation sites (N-methyl/N-ethyl adjacent to an activating group) is 3. The molecule has 15 atom stereocenters. The molecule has 0 aliphatic carbocycles. The molecular formula is C92H135N23O19S. The summed E-state index contributed by atoms with van der Waals surface area (Å²) in [6.07, 6.45) is 1.51. The van der Waals surface area contributed by atoms with E-state index in [0.717, 1.165) is 41.8 Å². The number of fused-ring (bicyclic) bond motifs is 4. The lowest BCUT2D eigenvalue weighted by Gasteiger charge is -2.36. The average Bonchev–Trinajstić information content (AvgIpc) is 1.71. The van der Waals surface area contributed by atoms with E-state index in [9.17, 15) is 48.6 Å². The molecule has 0 radical (unpaired) electrons. The lowest BCUT2D eigenvalue weighted by atomic mass is 9.86. The van der Waals surface area contributed by atoms with Gasteiger partial charge in [-0.05, 0) is 97.6 Å². The quantitative estimate of drug-likeness (QED) is 0.0165. The lowest BCUT2D eigenvalue weighted by molar-refractivity contribution is -0.149. The number of guanidine groups is 1. The number of para-hydroxylation sites is 2. The van der Waals surface area contributed by atoms with E-state index in [-0.39, 0.29) is 95.1 Å². The summed E-state index contributed by atoms with van der Waals surface area (Å²) < 4.78 is 0. The number of aliphatic hydroxyl groups excluding tert-OH is 2. The second-order valence-electron chi connectivity index (χ2n) is 36.2. The molecule has 3 aromatic carbocycles. The number of thioether (sulfide) groups is 1. The lowest BCUT2D eigenvalue weighted by Crippen LogP contribution is -2.62. The van der Waals surface area contributed by atoms with Gasteiger partial charge in [0.05, 0.1) is 31.4 Å². The number of hydrogen-bond donors (Lipinski definition) is 20. The molecule has 3 saturated heterocycles. The Morgan fingerprint density at radius 2 is 1.07 bits per heavy atom. The first kappa shape index (κ1) is 108. The maximum absolute atomic E-state index is 15.7. The van der Waals surface area contributed by atoms with Crippen molar-refractivity contribution in [1.82, 2.24) is 93.0 Å². The van der Waals surface area contributed by atoms with Gasteiger partial charge in [-0.3, -0.25) is 86.9 Å². The summed E-state index contributed by atoms with van der Waals surface area (Å²) in [5.74, 6) is -17.6. The van der Waals surface area contributed by atoms with E-state index in [1.807, 2.05) is 46.8 Å². The standard InChI is InChI=1S/C92H135N23O19S/c1-12-14-27-70-83(127)103-61(26-20-34-98-91(96)97)79(123)110-69(78(122)101-45-75(95)119)48-135-49-76(120)102-64(37-52-30-32-55(33-31-52)92(6,7)8)86(130)111(9)51(5)77(121)105-66(41-74(94)118)88(132)114-35-21-29-71(114)84(128)108-67(42-93)81(125)106-63(36-50(3)4)89(133)115-46-56(117)40-73(115)85(129)104-62(38-53-43-99-59-24-18-16-22-57(53)59)80(124)109-68(47-116)82(126)107-65(39-54-44-100-60-25-19-17-23-58(54)60)87(131)113(11)72(28-15-13-2)90(134)112(70)10/h16-19,22-25,30-33,43-44,50-51,56,61-73,99-100,116-117H,12-15,20-21,26-29,34-42,45-49,93H2,1-11H3,(H2,94,118)(H2,95,119)(H,101,122)(H,102,120)(H,103,127)(H,104,129)(H,105,121)(H,106,125)(H,107,126)(H,108,128)(H,109,124)(H,110,123)(H4,96,97,98)/t51-,56+,61-,62-,63-,64-,65-,66-,67-,68-,69-,70-,71-,72-,73-/m0/s1. The van der Waals surface area contributed by atoms with Crippen LogP contribution in [-0.4, -0.2) is 314 Å². The number of nitrogens with zero attached hydrogens (tertiary/aromatic N) is 5. The van der Waals surface area contributed by atoms with E-state index in [2.05, 4.69) is 68.5 Å². The molecule has 0 saturated carbocycles. The second-order valence-corrected chi connectivity index (χ2v) is 37.2. The van der Waals surface area contributed by atoms with Gasteiger partial charge in [-0.25, -0.2) is 0 Å². The molecule has 0 bridgehead atoms. The number of primary amides is 2. The highest BCUT2D eigenvalue weighted by Gasteiger charge is 2.47. The topological polar surface area (TPSA) is 639 Å². The average molecular weight is 1900 g/mol. The fourth-order valence-electron chi connectivity index (χ4n) is 16.7. The van der Waals surface area contributed by atoms with Gasteiger partial charge in [0.15, 0.2) is 5.96 Å². The van der Waals surface area contributed by atoms with Crippen molar-refractivity contribution in [1.29, 1.82) is 5.41 Å². The van der Waals surface area contributed by atoms with Gasteiger partial charge in [-0.2, -0.15) is 0 Å². The van der Waals surface area contributed by atoms with Crippen molar-refractivity contribution in [3.63, 3.8) is 0 Å². The van der Waals surface area contributed by atoms with Crippen LogP contribution in [0, 0.1) is 11.3 Å². The molecule has 3 fully saturated rings. The number of hydrogen-bond acceptors (Lipinski definition) is 22. The molecule has 3 aliphatic heterocycles. The Hall–Kier alpha value is -12.8. The maximum Gasteiger partial charge on any atom is 0.246 e. The summed E-state index contributed by atoms with van der Waals surface area (Å²) in [5, 5.41) is 60.7. The van der Waals surface area contributed by atoms with Gasteiger partial charge >= 0.3 is 0 Å². The van der Waals surface area contributed by atoms with Crippen LogP contribution in [0.25, 0.3) is 21.8 Å². The number of unbranched alkanes of at least 4 members (excludes halogenated alkanes) is 2. The molecular weight excluding hydrogens is 1760 g/mol. The number of aliphatic hydroxyl groups is 2. The first-order valence-electron chi connectivity index (χ1n) is 45.8. The van der Waals surface area contributed by atoms with E-state index in [4.69, 9.17) is 28.3 Å². The van der Waals surface area contributed by atoms with Crippen molar-refractivity contribution >= 4 is 140 Å². The number of aromatic amines is 2. The molecule has 738 valence electrons. The van der Waals surface area contributed by atoms with Gasteiger partial charge in [-0.1, -0.05) is 135 Å². The summed E-state index contributed by atoms with van der Waals surface area (Å²) in [5.41, 5.74) is 26.5. The zero-order valence-corrected chi connectivity index (χ0v) is 79.4. The van der Waals surface area contributed by atoms with Crippen LogP contribution in [0.1, 0.15) is 161 Å². The van der Waals surface area contributed by atoms with E-state index >= 15 is 43.2 Å². The summed E-state index contributed by atoms with van der Waals surface area (Å²) in [6.45, 7) is 11.5. The molecule has 0 spiro atoms. The van der Waals surface area contributed by atoms with Crippen molar-refractivity contribution in [3.8, 4) is 0 Å². The number of nitrogens with one attached hydrogen (secondary N) is 14. The number of H-pyrrole nitrogens is 2. The Bertz CT molecular complexity index is 5060. The van der Waals surface area contributed by atoms with E-state index < -0.39 is 241 Å². The van der Waals surface area contributed by atoms with Gasteiger partial charge < -0.3 is 126 Å². The predicted octanol–water partition coefficient (Wildman–Crippen LogP) is -2.34. The number of benzene rings is 3. The zero-order valence-electron chi connectivity index (χ0n) is 78.6. The highest BCUT2D eigenvalue weighted by atomic mass is 32.2. The molecule has 135 heavy (non-hydrogen) atoms. The third-order valence-electron chi connectivity index (χ3n) is 24.5. The van der Waals surface area contributed by atoms with Crippen LogP contribution in [0.15, 0.2) is 85.2 Å². The summed E-state index contributed by atoms with van der Waals surface area (Å²) in [4.78, 5) is 261. The van der Waals surface area contributed by atoms with Crippen LogP contribution in [0.5, 0.6) is 0 Å². The molecule has 5 heterocycles. The normalized spacial score (nSPS) is 24.9. The Morgan fingerprint density at radius 1 is 0.548 bits per heavy atom. The number of rotatable bonds is 25. The second kappa shape index (κ2) is 50.5. The van der Waals surface area contributed by atoms with Crippen molar-refractivity contribution < 1.29 is 91.7 Å². The molecule has 42 nitrogen and oxygen atoms in total. The van der Waals surface area contributed by atoms with Crippen molar-refractivity contribution in [2.75, 3.05) is 72.0 Å². The van der Waals surface area contributed by atoms with Crippen LogP contribution in [0.4, 0.5) is 0 Å². The number of aromatic nitrogens is 2. The molecule has 8 rings (SSSR count).